The number of ketones is 1. The number of hydrogen-bond acceptors (Lipinski definition) is 6. The molecule has 0 aliphatic heterocycles. The molecule has 0 amide bonds. The van der Waals surface area contributed by atoms with E-state index < -0.39 is 29.5 Å². The summed E-state index contributed by atoms with van der Waals surface area (Å²) in [5, 5.41) is 19.7. The number of nitrogens with zero attached hydrogens (tertiary/aromatic N) is 2. The summed E-state index contributed by atoms with van der Waals surface area (Å²) in [4.78, 5) is 39.7. The van der Waals surface area contributed by atoms with E-state index in [1.165, 1.54) is 23.0 Å². The average Bonchev–Trinajstić information content (AvgIpc) is 3.05. The van der Waals surface area contributed by atoms with Crippen LogP contribution in [0, 0.1) is 0 Å². The van der Waals surface area contributed by atoms with Crippen LogP contribution in [-0.2, 0) is 11.8 Å². The van der Waals surface area contributed by atoms with E-state index in [2.05, 4.69) is 4.98 Å². The summed E-state index contributed by atoms with van der Waals surface area (Å²) in [6.45, 7) is 0. The van der Waals surface area contributed by atoms with E-state index in [4.69, 9.17) is 5.11 Å². The zero-order chi connectivity index (χ0) is 18.1. The molecule has 0 atom stereocenters. The smallest absolute Gasteiger partial charge is 0.303 e. The molecule has 3 rings (SSSR count). The zero-order valence-corrected chi connectivity index (χ0v) is 14.0. The Bertz CT molecular complexity index is 1040. The number of thiazole rings is 1. The molecule has 2 N–H and O–H groups in total. The zero-order valence-electron chi connectivity index (χ0n) is 13.2. The van der Waals surface area contributed by atoms with Crippen molar-refractivity contribution < 1.29 is 19.8 Å². The van der Waals surface area contributed by atoms with Gasteiger partial charge in [0.05, 0.1) is 6.42 Å². The molecule has 0 radical (unpaired) electrons. The minimum absolute atomic E-state index is 0.279. The van der Waals surface area contributed by atoms with Gasteiger partial charge in [0.1, 0.15) is 15.3 Å². The van der Waals surface area contributed by atoms with Crippen molar-refractivity contribution >= 4 is 33.4 Å². The monoisotopic (exact) mass is 358 g/mol. The van der Waals surface area contributed by atoms with Crippen molar-refractivity contribution in [3.63, 3.8) is 0 Å². The standard InChI is InChI=1S/C17H14N2O5S/c1-19-15-14(25-16(18-15)9-5-3-2-4-6-9)13(23)12(17(19)24)10(20)7-8-11(21)22/h2-6,23H,7-8H2,1H3,(H,21,22). The third kappa shape index (κ3) is 3.03. The number of hydrogen-bond donors (Lipinski definition) is 2. The number of aryl methyl sites for hydroxylation is 1. The number of carbonyl (C=O) groups is 2. The number of aromatic hydroxyl groups is 1. The van der Waals surface area contributed by atoms with Crippen molar-refractivity contribution in [2.24, 2.45) is 7.05 Å². The van der Waals surface area contributed by atoms with Gasteiger partial charge in [-0.1, -0.05) is 30.3 Å². The van der Waals surface area contributed by atoms with Gasteiger partial charge in [-0.05, 0) is 0 Å². The first-order valence-corrected chi connectivity index (χ1v) is 8.24. The molecule has 0 spiro atoms. The Balaban J connectivity index is 2.16. The van der Waals surface area contributed by atoms with Crippen molar-refractivity contribution in [1.29, 1.82) is 0 Å². The lowest BCUT2D eigenvalue weighted by atomic mass is 10.1. The lowest BCUT2D eigenvalue weighted by Gasteiger charge is -2.06. The first-order valence-electron chi connectivity index (χ1n) is 7.43. The van der Waals surface area contributed by atoms with Gasteiger partial charge in [0.15, 0.2) is 17.2 Å². The van der Waals surface area contributed by atoms with Crippen LogP contribution in [0.4, 0.5) is 0 Å². The van der Waals surface area contributed by atoms with E-state index in [1.807, 2.05) is 30.3 Å². The van der Waals surface area contributed by atoms with Crippen LogP contribution in [0.15, 0.2) is 35.1 Å². The number of benzene rings is 1. The highest BCUT2D eigenvalue weighted by Gasteiger charge is 2.24. The summed E-state index contributed by atoms with van der Waals surface area (Å²) >= 11 is 1.17. The molecule has 128 valence electrons. The molecule has 1 aromatic carbocycles. The molecule has 2 aromatic heterocycles. The van der Waals surface area contributed by atoms with E-state index in [1.54, 1.807) is 0 Å². The van der Waals surface area contributed by atoms with Gasteiger partial charge in [0.2, 0.25) is 0 Å². The molecule has 0 aliphatic carbocycles. The molecular weight excluding hydrogens is 344 g/mol. The minimum Gasteiger partial charge on any atom is -0.505 e. The summed E-state index contributed by atoms with van der Waals surface area (Å²) in [6.07, 6.45) is -0.759. The largest absolute Gasteiger partial charge is 0.505 e. The molecule has 0 unspecified atom stereocenters. The van der Waals surface area contributed by atoms with E-state index in [-0.39, 0.29) is 17.6 Å². The summed E-state index contributed by atoms with van der Waals surface area (Å²) in [6, 6.07) is 9.27. The minimum atomic E-state index is -1.14. The van der Waals surface area contributed by atoms with Gasteiger partial charge in [-0.3, -0.25) is 19.0 Å². The lowest BCUT2D eigenvalue weighted by Crippen LogP contribution is -2.25. The highest BCUT2D eigenvalue weighted by Crippen LogP contribution is 2.36. The van der Waals surface area contributed by atoms with Crippen LogP contribution in [0.25, 0.3) is 20.9 Å². The highest BCUT2D eigenvalue weighted by atomic mass is 32.1. The number of carbonyl (C=O) groups excluding carboxylic acids is 1. The van der Waals surface area contributed by atoms with Crippen molar-refractivity contribution in [2.45, 2.75) is 12.8 Å². The molecule has 7 nitrogen and oxygen atoms in total. The van der Waals surface area contributed by atoms with Gasteiger partial charge in [0, 0.05) is 19.0 Å². The fourth-order valence-corrected chi connectivity index (χ4v) is 3.53. The Morgan fingerprint density at radius 3 is 2.52 bits per heavy atom. The van der Waals surface area contributed by atoms with Gasteiger partial charge in [0.25, 0.3) is 5.56 Å². The molecule has 0 aliphatic rings. The Labute approximate surface area is 145 Å². The van der Waals surface area contributed by atoms with Gasteiger partial charge < -0.3 is 10.2 Å². The second kappa shape index (κ2) is 6.48. The van der Waals surface area contributed by atoms with Crippen LogP contribution in [0.5, 0.6) is 5.75 Å². The van der Waals surface area contributed by atoms with Gasteiger partial charge in [-0.25, -0.2) is 4.98 Å². The number of carboxylic acids is 1. The van der Waals surface area contributed by atoms with E-state index >= 15 is 0 Å². The summed E-state index contributed by atoms with van der Waals surface area (Å²) in [7, 11) is 1.46. The van der Waals surface area contributed by atoms with Gasteiger partial charge in [-0.2, -0.15) is 0 Å². The summed E-state index contributed by atoms with van der Waals surface area (Å²) in [5.74, 6) is -2.28. The van der Waals surface area contributed by atoms with Crippen molar-refractivity contribution in [3.8, 4) is 16.3 Å². The number of rotatable bonds is 5. The Morgan fingerprint density at radius 2 is 1.88 bits per heavy atom. The maximum absolute atomic E-state index is 12.4. The first-order chi connectivity index (χ1) is 11.9. The molecule has 0 saturated carbocycles. The second-order valence-corrected chi connectivity index (χ2v) is 6.44. The Morgan fingerprint density at radius 1 is 1.20 bits per heavy atom. The number of aliphatic carboxylic acids is 1. The van der Waals surface area contributed by atoms with Crippen LogP contribution >= 0.6 is 11.3 Å². The third-order valence-corrected chi connectivity index (χ3v) is 4.86. The Hall–Kier alpha value is -3.00. The van der Waals surface area contributed by atoms with Crippen LogP contribution < -0.4 is 5.56 Å². The first kappa shape index (κ1) is 16.8. The lowest BCUT2D eigenvalue weighted by molar-refractivity contribution is -0.136. The molecule has 0 saturated heterocycles. The van der Waals surface area contributed by atoms with E-state index in [0.717, 1.165) is 5.56 Å². The highest BCUT2D eigenvalue weighted by molar-refractivity contribution is 7.22. The molecule has 3 aromatic rings. The number of carboxylic acid groups (broad SMARTS) is 1. The number of aromatic nitrogens is 2. The fraction of sp³-hybridized carbons (Fsp3) is 0.176. The normalized spacial score (nSPS) is 10.9. The summed E-state index contributed by atoms with van der Waals surface area (Å²) in [5.41, 5.74) is 0.0280. The van der Waals surface area contributed by atoms with Crippen LogP contribution in [0.3, 0.4) is 0 Å². The third-order valence-electron chi connectivity index (χ3n) is 3.76. The summed E-state index contributed by atoms with van der Waals surface area (Å²) < 4.78 is 1.52. The fourth-order valence-electron chi connectivity index (χ4n) is 2.47. The maximum atomic E-state index is 12.4. The van der Waals surface area contributed by atoms with Gasteiger partial charge >= 0.3 is 5.97 Å². The van der Waals surface area contributed by atoms with Crippen LogP contribution in [0.1, 0.15) is 23.2 Å². The van der Waals surface area contributed by atoms with E-state index in [0.29, 0.717) is 9.71 Å². The molecule has 8 heteroatoms. The number of pyridine rings is 1. The number of Topliss-reactive ketones (excluding diaryl/α,β-unsaturated/α-hetero) is 1. The van der Waals surface area contributed by atoms with Gasteiger partial charge in [-0.15, -0.1) is 11.3 Å². The predicted octanol–water partition coefficient (Wildman–Crippen LogP) is 2.42. The maximum Gasteiger partial charge on any atom is 0.303 e. The van der Waals surface area contributed by atoms with Crippen molar-refractivity contribution in [3.05, 3.63) is 46.2 Å². The Kier molecular flexibility index (Phi) is 4.37. The van der Waals surface area contributed by atoms with Crippen molar-refractivity contribution in [1.82, 2.24) is 9.55 Å². The molecular formula is C17H14N2O5S. The van der Waals surface area contributed by atoms with Crippen LogP contribution in [0.2, 0.25) is 0 Å². The topological polar surface area (TPSA) is 109 Å². The average molecular weight is 358 g/mol. The SMILES string of the molecule is Cn1c(=O)c(C(=O)CCC(=O)O)c(O)c2sc(-c3ccccc3)nc21. The molecule has 25 heavy (non-hydrogen) atoms. The molecule has 0 fully saturated rings. The number of fused-ring (bicyclic) bond motifs is 1. The predicted molar refractivity (Wildman–Crippen MR) is 93.2 cm³/mol. The van der Waals surface area contributed by atoms with Crippen molar-refractivity contribution in [2.75, 3.05) is 0 Å². The molecule has 2 heterocycles. The molecule has 0 bridgehead atoms. The van der Waals surface area contributed by atoms with Crippen LogP contribution in [-0.4, -0.2) is 31.5 Å². The van der Waals surface area contributed by atoms with E-state index in [9.17, 15) is 19.5 Å². The second-order valence-electron chi connectivity index (χ2n) is 5.44. The quantitative estimate of drug-likeness (QED) is 0.678.